The fraction of sp³-hybridized carbons (Fsp3) is 0.400. The first kappa shape index (κ1) is 43.2. The number of benzene rings is 3. The predicted molar refractivity (Wildman–Crippen MR) is 237 cm³/mol. The minimum Gasteiger partial charge on any atom is -0.456 e. The second-order valence-electron chi connectivity index (χ2n) is 17.1. The van der Waals surface area contributed by atoms with Crippen LogP contribution in [0.1, 0.15) is 73.0 Å². The smallest absolute Gasteiger partial charge is 0.312 e. The van der Waals surface area contributed by atoms with Crippen molar-refractivity contribution < 1.29 is 32.0 Å². The van der Waals surface area contributed by atoms with E-state index in [9.17, 15) is 23.3 Å². The topological polar surface area (TPSA) is 169 Å². The van der Waals surface area contributed by atoms with Gasteiger partial charge in [-0.3, -0.25) is 24.8 Å². The van der Waals surface area contributed by atoms with Gasteiger partial charge in [-0.15, -0.1) is 0 Å². The minimum absolute atomic E-state index is 0.0733. The first-order valence-electron chi connectivity index (χ1n) is 20.8. The maximum Gasteiger partial charge on any atom is 0.312 e. The first-order valence-corrected chi connectivity index (χ1v) is 22.6. The molecule has 14 nitrogen and oxygen atoms in total. The van der Waals surface area contributed by atoms with Crippen molar-refractivity contribution in [1.82, 2.24) is 14.6 Å². The molecule has 0 radical (unpaired) electrons. The highest BCUT2D eigenvalue weighted by atomic mass is 35.5. The Labute approximate surface area is 365 Å². The van der Waals surface area contributed by atoms with Crippen molar-refractivity contribution in [2.75, 3.05) is 62.7 Å². The summed E-state index contributed by atoms with van der Waals surface area (Å²) in [5.74, 6) is -0.748. The third-order valence-electron chi connectivity index (χ3n) is 12.1. The molecule has 62 heavy (non-hydrogen) atoms. The normalized spacial score (nSPS) is 18.6. The third kappa shape index (κ3) is 9.78. The van der Waals surface area contributed by atoms with Gasteiger partial charge in [-0.05, 0) is 71.7 Å². The largest absolute Gasteiger partial charge is 0.456 e. The fourth-order valence-corrected chi connectivity index (χ4v) is 9.50. The number of sulfonamides is 1. The summed E-state index contributed by atoms with van der Waals surface area (Å²) < 4.78 is 56.2. The van der Waals surface area contributed by atoms with Crippen LogP contribution in [0.3, 0.4) is 0 Å². The van der Waals surface area contributed by atoms with Crippen LogP contribution in [-0.2, 0) is 21.3 Å². The number of nitrogens with one attached hydrogen (secondary N) is 2. The number of rotatable bonds is 13. The second-order valence-corrected chi connectivity index (χ2v) is 19.2. The Kier molecular flexibility index (Phi) is 12.4. The molecule has 0 atom stereocenters. The molecular formula is C45H49ClFN7O7S. The van der Waals surface area contributed by atoms with Crippen molar-refractivity contribution in [3.63, 3.8) is 0 Å². The summed E-state index contributed by atoms with van der Waals surface area (Å²) in [5, 5.41) is 15.4. The van der Waals surface area contributed by atoms with Crippen LogP contribution in [0.5, 0.6) is 11.5 Å². The number of alkyl halides is 1. The molecule has 0 unspecified atom stereocenters. The summed E-state index contributed by atoms with van der Waals surface area (Å²) in [5.41, 5.74) is 4.35. The van der Waals surface area contributed by atoms with Crippen LogP contribution in [0, 0.1) is 15.5 Å². The van der Waals surface area contributed by atoms with E-state index in [1.807, 2.05) is 29.0 Å². The standard InChI is InChI=1S/C45H49ClFN7O7S/c1-44(2)13-12-32(37(24-44)30-6-8-33(46)9-7-30)28-52-16-18-53(19-17-52)34-10-11-36(41(22-34)61-40-5-3-4-31-25-48-27-38(31)40)43(55)51-62(58,59)35-23-39(54(56)57)42(49-26-35)50-29-45(47)14-20-60-21-15-45/h3-11,22-23,26-27H,12-21,24-25,28-29H2,1-2H3,(H,49,50)(H,51,55). The second kappa shape index (κ2) is 17.8. The molecule has 2 fully saturated rings. The number of nitrogens with zero attached hydrogens (tertiary/aromatic N) is 5. The maximum absolute atomic E-state index is 15.2. The number of halogens is 2. The van der Waals surface area contributed by atoms with Crippen molar-refractivity contribution in [3.8, 4) is 11.5 Å². The molecule has 1 amide bonds. The lowest BCUT2D eigenvalue weighted by Crippen LogP contribution is -2.47. The van der Waals surface area contributed by atoms with Gasteiger partial charge < -0.3 is 19.7 Å². The van der Waals surface area contributed by atoms with E-state index < -0.39 is 37.1 Å². The highest BCUT2D eigenvalue weighted by molar-refractivity contribution is 7.90. The summed E-state index contributed by atoms with van der Waals surface area (Å²) in [6.45, 7) is 9.17. The minimum atomic E-state index is -4.69. The molecule has 4 aliphatic rings. The zero-order valence-corrected chi connectivity index (χ0v) is 36.2. The number of hydrogen-bond acceptors (Lipinski definition) is 12. The number of fused-ring (bicyclic) bond motifs is 1. The summed E-state index contributed by atoms with van der Waals surface area (Å²) in [6, 6.07) is 19.4. The lowest BCUT2D eigenvalue weighted by atomic mass is 9.72. The van der Waals surface area contributed by atoms with Gasteiger partial charge in [0, 0.05) is 93.4 Å². The van der Waals surface area contributed by atoms with Gasteiger partial charge in [-0.25, -0.2) is 22.5 Å². The van der Waals surface area contributed by atoms with Gasteiger partial charge >= 0.3 is 5.69 Å². The number of carbonyl (C=O) groups is 1. The van der Waals surface area contributed by atoms with Crippen LogP contribution in [-0.4, -0.2) is 93.5 Å². The Morgan fingerprint density at radius 2 is 1.77 bits per heavy atom. The van der Waals surface area contributed by atoms with Crippen molar-refractivity contribution in [2.24, 2.45) is 10.4 Å². The van der Waals surface area contributed by atoms with Crippen LogP contribution >= 0.6 is 11.6 Å². The van der Waals surface area contributed by atoms with E-state index in [2.05, 4.69) is 51.1 Å². The number of pyridine rings is 1. The zero-order chi connectivity index (χ0) is 43.6. The van der Waals surface area contributed by atoms with E-state index >= 15 is 4.39 Å². The zero-order valence-electron chi connectivity index (χ0n) is 34.7. The van der Waals surface area contributed by atoms with Crippen molar-refractivity contribution in [3.05, 3.63) is 116 Å². The molecule has 1 aliphatic carbocycles. The Bertz CT molecular complexity index is 2540. The molecule has 8 rings (SSSR count). The number of allylic oxidation sites excluding steroid dienone is 1. The SMILES string of the molecule is CC1(C)CCC(CN2CCN(c3ccc(C(=O)NS(=O)(=O)c4cnc(NCC5(F)CCOCC5)c([N+](=O)[O-])c4)c(Oc4cccc5c4C=NC5)c3)CC2)=C(c2ccc(Cl)cc2)C1. The van der Waals surface area contributed by atoms with E-state index in [0.29, 0.717) is 25.4 Å². The molecule has 2 saturated heterocycles. The summed E-state index contributed by atoms with van der Waals surface area (Å²) in [7, 11) is -4.69. The lowest BCUT2D eigenvalue weighted by molar-refractivity contribution is -0.384. The Hall–Kier alpha value is -5.42. The average Bonchev–Trinajstić information content (AvgIpc) is 3.74. The Balaban J connectivity index is 1.01. The summed E-state index contributed by atoms with van der Waals surface area (Å²) in [6.07, 6.45) is 5.95. The number of piperazine rings is 1. The number of anilines is 2. The van der Waals surface area contributed by atoms with Gasteiger partial charge in [0.15, 0.2) is 0 Å². The van der Waals surface area contributed by atoms with Crippen LogP contribution in [0.4, 0.5) is 21.6 Å². The summed E-state index contributed by atoms with van der Waals surface area (Å²) in [4.78, 5) is 37.5. The molecule has 3 aliphatic heterocycles. The Morgan fingerprint density at radius 1 is 1.02 bits per heavy atom. The molecule has 4 aromatic rings. The van der Waals surface area contributed by atoms with Gasteiger partial charge in [0.1, 0.15) is 22.1 Å². The average molecular weight is 886 g/mol. The number of hydrogen-bond donors (Lipinski definition) is 2. The van der Waals surface area contributed by atoms with E-state index in [0.717, 1.165) is 73.0 Å². The van der Waals surface area contributed by atoms with E-state index in [1.165, 1.54) is 22.8 Å². The van der Waals surface area contributed by atoms with E-state index in [4.69, 9.17) is 21.1 Å². The van der Waals surface area contributed by atoms with Crippen molar-refractivity contribution in [2.45, 2.75) is 63.1 Å². The molecule has 2 N–H and O–H groups in total. The first-order chi connectivity index (χ1) is 29.7. The number of aromatic nitrogens is 1. The molecule has 0 spiro atoms. The van der Waals surface area contributed by atoms with Crippen LogP contribution < -0.4 is 19.7 Å². The summed E-state index contributed by atoms with van der Waals surface area (Å²) >= 11 is 6.24. The Morgan fingerprint density at radius 3 is 2.52 bits per heavy atom. The third-order valence-corrected chi connectivity index (χ3v) is 13.7. The number of nitro groups is 1. The van der Waals surface area contributed by atoms with Gasteiger partial charge in [-0.1, -0.05) is 55.3 Å². The van der Waals surface area contributed by atoms with E-state index in [1.54, 1.807) is 24.4 Å². The monoisotopic (exact) mass is 885 g/mol. The molecule has 3 aromatic carbocycles. The lowest BCUT2D eigenvalue weighted by Gasteiger charge is -2.39. The predicted octanol–water partition coefficient (Wildman–Crippen LogP) is 8.20. The quantitative estimate of drug-likeness (QED) is 0.0981. The number of aliphatic imine (C=N–C) groups is 1. The van der Waals surface area contributed by atoms with E-state index in [-0.39, 0.29) is 55.1 Å². The van der Waals surface area contributed by atoms with Crippen LogP contribution in [0.2, 0.25) is 5.02 Å². The maximum atomic E-state index is 15.2. The highest BCUT2D eigenvalue weighted by Crippen LogP contribution is 2.44. The van der Waals surface area contributed by atoms with Gasteiger partial charge in [-0.2, -0.15) is 0 Å². The number of amides is 1. The van der Waals surface area contributed by atoms with Gasteiger partial charge in [0.05, 0.1) is 29.8 Å². The molecular weight excluding hydrogens is 837 g/mol. The van der Waals surface area contributed by atoms with Crippen molar-refractivity contribution in [1.29, 1.82) is 0 Å². The number of ether oxygens (including phenoxy) is 2. The highest BCUT2D eigenvalue weighted by Gasteiger charge is 2.34. The van der Waals surface area contributed by atoms with Crippen LogP contribution in [0.15, 0.2) is 88.4 Å². The van der Waals surface area contributed by atoms with Gasteiger partial charge in [0.25, 0.3) is 15.9 Å². The molecule has 1 aromatic heterocycles. The molecule has 0 saturated carbocycles. The molecule has 4 heterocycles. The molecule has 326 valence electrons. The fourth-order valence-electron chi connectivity index (χ4n) is 8.44. The molecule has 0 bridgehead atoms. The number of carbonyl (C=O) groups excluding carboxylic acids is 1. The molecule has 17 heteroatoms. The van der Waals surface area contributed by atoms with Crippen LogP contribution in [0.25, 0.3) is 5.57 Å². The van der Waals surface area contributed by atoms with Gasteiger partial charge in [0.2, 0.25) is 5.82 Å². The van der Waals surface area contributed by atoms with Crippen molar-refractivity contribution >= 4 is 56.5 Å².